The van der Waals surface area contributed by atoms with Crippen LogP contribution in [0.25, 0.3) is 0 Å². The quantitative estimate of drug-likeness (QED) is 0.0122. The minimum absolute atomic E-state index is 0.000349. The number of allylic oxidation sites excluding steroid dienone is 18. The lowest BCUT2D eigenvalue weighted by Gasteiger charge is -2.24. The molecule has 0 aromatic rings. The number of carbonyl (C=O) groups is 3. The highest BCUT2D eigenvalue weighted by molar-refractivity contribution is 7.47. The van der Waals surface area contributed by atoms with Crippen LogP contribution in [0, 0.1) is 0 Å². The Bertz CT molecular complexity index is 1460. The van der Waals surface area contributed by atoms with Gasteiger partial charge in [0.25, 0.3) is 0 Å². The van der Waals surface area contributed by atoms with Crippen molar-refractivity contribution in [3.05, 3.63) is 109 Å². The van der Waals surface area contributed by atoms with Gasteiger partial charge in [0.15, 0.2) is 11.9 Å². The average molecular weight is 871 g/mol. The van der Waals surface area contributed by atoms with Crippen molar-refractivity contribution in [3.63, 3.8) is 0 Å². The third-order valence-electron chi connectivity index (χ3n) is 8.76. The minimum Gasteiger partial charge on any atom is -0.462 e. The van der Waals surface area contributed by atoms with Crippen molar-refractivity contribution in [3.8, 4) is 0 Å². The molecule has 10 nitrogen and oxygen atoms in total. The van der Waals surface area contributed by atoms with E-state index in [0.717, 1.165) is 83.5 Å². The minimum atomic E-state index is -4.42. The Balaban J connectivity index is 4.57. The zero-order valence-corrected chi connectivity index (χ0v) is 39.2. The summed E-state index contributed by atoms with van der Waals surface area (Å²) in [6, 6.07) is 0. The molecule has 0 aromatic carbocycles. The summed E-state index contributed by atoms with van der Waals surface area (Å²) in [5.41, 5.74) is 0. The van der Waals surface area contributed by atoms with Crippen molar-refractivity contribution in [1.29, 1.82) is 0 Å². The normalized spacial score (nSPS) is 14.5. The Morgan fingerprint density at radius 1 is 0.574 bits per heavy atom. The molecule has 0 amide bonds. The number of phosphoric acid groups is 1. The van der Waals surface area contributed by atoms with E-state index in [1.165, 1.54) is 0 Å². The van der Waals surface area contributed by atoms with Crippen LogP contribution < -0.4 is 0 Å². The molecule has 0 rings (SSSR count). The lowest BCUT2D eigenvalue weighted by atomic mass is 10.1. The fourth-order valence-corrected chi connectivity index (χ4v) is 5.96. The molecule has 0 aromatic heterocycles. The largest absolute Gasteiger partial charge is 0.472 e. The molecule has 344 valence electrons. The number of phosphoric ester groups is 1. The van der Waals surface area contributed by atoms with Crippen LogP contribution in [0.15, 0.2) is 109 Å². The van der Waals surface area contributed by atoms with Crippen LogP contribution >= 0.6 is 7.82 Å². The van der Waals surface area contributed by atoms with Gasteiger partial charge in [-0.25, -0.2) is 4.57 Å². The molecule has 1 N–H and O–H groups in total. The van der Waals surface area contributed by atoms with Crippen molar-refractivity contribution < 1.29 is 46.8 Å². The van der Waals surface area contributed by atoms with E-state index >= 15 is 0 Å². The van der Waals surface area contributed by atoms with E-state index in [2.05, 4.69) is 86.8 Å². The predicted octanol–water partition coefficient (Wildman–Crippen LogP) is 12.3. The first-order valence-electron chi connectivity index (χ1n) is 22.6. The molecule has 0 bridgehead atoms. The zero-order valence-electron chi connectivity index (χ0n) is 38.3. The molecule has 2 atom stereocenters. The highest BCUT2D eigenvalue weighted by Gasteiger charge is 2.27. The first kappa shape index (κ1) is 57.3. The molecular weight excluding hydrogens is 790 g/mol. The maximum Gasteiger partial charge on any atom is 0.472 e. The van der Waals surface area contributed by atoms with E-state index in [0.29, 0.717) is 36.7 Å². The van der Waals surface area contributed by atoms with Crippen LogP contribution in [-0.4, -0.2) is 80.7 Å². The number of hydrogen-bond acceptors (Lipinski definition) is 8. The van der Waals surface area contributed by atoms with Crippen LogP contribution in [0.3, 0.4) is 0 Å². The summed E-state index contributed by atoms with van der Waals surface area (Å²) in [7, 11) is 1.37. The number of quaternary nitrogens is 1. The number of ether oxygens (including phenoxy) is 2. The Kier molecular flexibility index (Phi) is 38.0. The van der Waals surface area contributed by atoms with E-state index < -0.39 is 32.5 Å². The number of esters is 2. The van der Waals surface area contributed by atoms with E-state index in [9.17, 15) is 23.8 Å². The van der Waals surface area contributed by atoms with Gasteiger partial charge in [0.2, 0.25) is 0 Å². The van der Waals surface area contributed by atoms with Gasteiger partial charge in [-0.15, -0.1) is 0 Å². The Morgan fingerprint density at radius 3 is 1.67 bits per heavy atom. The van der Waals surface area contributed by atoms with Crippen LogP contribution in [0.1, 0.15) is 136 Å². The highest BCUT2D eigenvalue weighted by atomic mass is 31.2. The number of hydrogen-bond donors (Lipinski definition) is 1. The van der Waals surface area contributed by atoms with Gasteiger partial charge in [0.1, 0.15) is 19.8 Å². The predicted molar refractivity (Wildman–Crippen MR) is 252 cm³/mol. The van der Waals surface area contributed by atoms with Gasteiger partial charge in [0.05, 0.1) is 27.7 Å². The van der Waals surface area contributed by atoms with Gasteiger partial charge in [-0.05, 0) is 89.5 Å². The average Bonchev–Trinajstić information content (AvgIpc) is 3.21. The Hall–Kier alpha value is -3.66. The first-order chi connectivity index (χ1) is 29.4. The molecule has 0 saturated heterocycles. The maximum absolute atomic E-state index is 12.7. The van der Waals surface area contributed by atoms with Gasteiger partial charge >= 0.3 is 19.8 Å². The van der Waals surface area contributed by atoms with Crippen LogP contribution in [0.4, 0.5) is 0 Å². The third-order valence-corrected chi connectivity index (χ3v) is 9.75. The smallest absolute Gasteiger partial charge is 0.462 e. The van der Waals surface area contributed by atoms with Crippen molar-refractivity contribution in [1.82, 2.24) is 0 Å². The molecule has 0 aliphatic heterocycles. The lowest BCUT2D eigenvalue weighted by Crippen LogP contribution is -2.37. The van der Waals surface area contributed by atoms with Crippen LogP contribution in [0.5, 0.6) is 0 Å². The van der Waals surface area contributed by atoms with Crippen LogP contribution in [-0.2, 0) is 37.5 Å². The summed E-state index contributed by atoms with van der Waals surface area (Å²) in [4.78, 5) is 47.1. The molecule has 61 heavy (non-hydrogen) atoms. The summed E-state index contributed by atoms with van der Waals surface area (Å²) >= 11 is 0. The molecule has 0 spiro atoms. The van der Waals surface area contributed by atoms with Gasteiger partial charge in [0, 0.05) is 19.3 Å². The summed E-state index contributed by atoms with van der Waals surface area (Å²) in [5, 5.41) is 0. The molecular formula is C50H81NO9P+. The molecule has 0 aliphatic carbocycles. The number of ketones is 1. The van der Waals surface area contributed by atoms with E-state index in [4.69, 9.17) is 18.5 Å². The van der Waals surface area contributed by atoms with Crippen LogP contribution in [0.2, 0.25) is 0 Å². The SMILES string of the molecule is CC/C=C\C/C=C\C/C=C\C/C=C\C/C=C\CCCCCC(=O)O[C@H](COC(=O)CCC/C=C\C/C=C\C/C=C\C=C\C(=O)CCCCC)COP(=O)(O)OCC[N+](C)(C)C. The molecule has 0 saturated carbocycles. The van der Waals surface area contributed by atoms with Gasteiger partial charge in [-0.3, -0.25) is 23.4 Å². The monoisotopic (exact) mass is 871 g/mol. The van der Waals surface area contributed by atoms with Crippen molar-refractivity contribution in [2.24, 2.45) is 0 Å². The van der Waals surface area contributed by atoms with E-state index in [1.807, 2.05) is 45.4 Å². The zero-order chi connectivity index (χ0) is 45.1. The maximum atomic E-state index is 12.7. The number of nitrogens with zero attached hydrogens (tertiary/aromatic N) is 1. The number of rotatable bonds is 39. The molecule has 1 unspecified atom stereocenters. The van der Waals surface area contributed by atoms with Crippen molar-refractivity contribution in [2.45, 2.75) is 142 Å². The molecule has 0 radical (unpaired) electrons. The molecule has 0 heterocycles. The van der Waals surface area contributed by atoms with Gasteiger partial charge in [-0.1, -0.05) is 136 Å². The summed E-state index contributed by atoms with van der Waals surface area (Å²) < 4.78 is 34.2. The van der Waals surface area contributed by atoms with Crippen molar-refractivity contribution in [2.75, 3.05) is 47.5 Å². The third kappa shape index (κ3) is 44.2. The second-order valence-corrected chi connectivity index (χ2v) is 17.2. The Labute approximate surface area is 370 Å². The number of likely N-dealkylation sites (N-methyl/N-ethyl adjacent to an activating group) is 1. The molecule has 11 heteroatoms. The van der Waals surface area contributed by atoms with E-state index in [1.54, 1.807) is 12.2 Å². The summed E-state index contributed by atoms with van der Waals surface area (Å²) in [6.07, 6.45) is 51.3. The van der Waals surface area contributed by atoms with Gasteiger partial charge in [-0.2, -0.15) is 0 Å². The second-order valence-electron chi connectivity index (χ2n) is 15.7. The van der Waals surface area contributed by atoms with Gasteiger partial charge < -0.3 is 18.9 Å². The molecule has 0 fully saturated rings. The topological polar surface area (TPSA) is 125 Å². The van der Waals surface area contributed by atoms with Crippen molar-refractivity contribution >= 4 is 25.5 Å². The summed E-state index contributed by atoms with van der Waals surface area (Å²) in [5.74, 6) is -0.783. The van der Waals surface area contributed by atoms with E-state index in [-0.39, 0.29) is 31.8 Å². The fourth-order valence-electron chi connectivity index (χ4n) is 5.22. The lowest BCUT2D eigenvalue weighted by molar-refractivity contribution is -0.870. The standard InChI is InChI=1S/C50H80NO9P/c1-6-8-10-11-12-13-14-15-16-17-18-19-20-21-24-28-31-34-38-42-50(54)60-48(46-59-61(55,56)58-44-43-51(3,4)5)45-57-49(53)41-37-33-30-27-25-22-23-26-29-32-36-40-47(52)39-35-9-7-2/h8,10,12-13,15-16,18-19,21-24,27,29-30,32,36,40,48H,6-7,9,11,14,17,20,25-26,28,31,33-35,37-39,41-46H2,1-5H3/p+1/b10-8-,13-12-,16-15-,19-18-,23-22-,24-21-,30-27-,32-29-,40-36+/t48-/m1/s1. The Morgan fingerprint density at radius 2 is 1.10 bits per heavy atom. The number of unbranched alkanes of at least 4 members (excludes halogenated alkanes) is 6. The fraction of sp³-hybridized carbons (Fsp3) is 0.580. The summed E-state index contributed by atoms with van der Waals surface area (Å²) in [6.45, 7) is 3.99. The number of carbonyl (C=O) groups excluding carboxylic acids is 3. The first-order valence-corrected chi connectivity index (χ1v) is 24.1. The molecule has 0 aliphatic rings. The highest BCUT2D eigenvalue weighted by Crippen LogP contribution is 2.43. The second kappa shape index (κ2) is 40.4.